The summed E-state index contributed by atoms with van der Waals surface area (Å²) in [6.07, 6.45) is 0.415. The molecule has 1 aromatic rings. The SMILES string of the molecule is CC(C)(N)CC(=O)N1CCN(c2ccccc2)CC1. The average molecular weight is 261 g/mol. The number of benzene rings is 1. The van der Waals surface area contributed by atoms with Crippen molar-refractivity contribution >= 4 is 11.6 Å². The Balaban J connectivity index is 1.88. The van der Waals surface area contributed by atoms with Crippen LogP contribution >= 0.6 is 0 Å². The molecule has 1 heterocycles. The van der Waals surface area contributed by atoms with Gasteiger partial charge in [-0.1, -0.05) is 18.2 Å². The molecule has 19 heavy (non-hydrogen) atoms. The number of rotatable bonds is 3. The zero-order valence-electron chi connectivity index (χ0n) is 11.8. The molecule has 1 amide bonds. The van der Waals surface area contributed by atoms with Crippen molar-refractivity contribution in [2.45, 2.75) is 25.8 Å². The molecule has 0 saturated carbocycles. The number of carbonyl (C=O) groups excluding carboxylic acids is 1. The van der Waals surface area contributed by atoms with Crippen LogP contribution in [-0.2, 0) is 4.79 Å². The first kappa shape index (κ1) is 13.9. The maximum absolute atomic E-state index is 12.1. The van der Waals surface area contributed by atoms with Crippen LogP contribution in [0.25, 0.3) is 0 Å². The van der Waals surface area contributed by atoms with Gasteiger partial charge in [0.2, 0.25) is 5.91 Å². The Kier molecular flexibility index (Phi) is 4.10. The van der Waals surface area contributed by atoms with Crippen molar-refractivity contribution in [3.05, 3.63) is 30.3 Å². The molecule has 2 N–H and O–H groups in total. The average Bonchev–Trinajstić information content (AvgIpc) is 2.38. The molecule has 0 aliphatic carbocycles. The zero-order valence-corrected chi connectivity index (χ0v) is 11.8. The van der Waals surface area contributed by atoms with Crippen LogP contribution < -0.4 is 10.6 Å². The molecule has 1 saturated heterocycles. The van der Waals surface area contributed by atoms with Crippen molar-refractivity contribution < 1.29 is 4.79 Å². The van der Waals surface area contributed by atoms with Crippen LogP contribution in [-0.4, -0.2) is 42.5 Å². The zero-order chi connectivity index (χ0) is 13.9. The highest BCUT2D eigenvalue weighted by Gasteiger charge is 2.24. The van der Waals surface area contributed by atoms with Gasteiger partial charge in [-0.3, -0.25) is 4.79 Å². The minimum absolute atomic E-state index is 0.167. The van der Waals surface area contributed by atoms with E-state index < -0.39 is 5.54 Å². The number of piperazine rings is 1. The van der Waals surface area contributed by atoms with Gasteiger partial charge in [0.1, 0.15) is 0 Å². The van der Waals surface area contributed by atoms with Crippen molar-refractivity contribution in [1.82, 2.24) is 4.90 Å². The third kappa shape index (κ3) is 3.96. The van der Waals surface area contributed by atoms with Gasteiger partial charge in [-0.05, 0) is 26.0 Å². The fourth-order valence-corrected chi connectivity index (χ4v) is 2.35. The van der Waals surface area contributed by atoms with E-state index in [4.69, 9.17) is 5.73 Å². The van der Waals surface area contributed by atoms with E-state index in [1.54, 1.807) is 0 Å². The van der Waals surface area contributed by atoms with Crippen LogP contribution in [0.1, 0.15) is 20.3 Å². The smallest absolute Gasteiger partial charge is 0.224 e. The molecule has 4 heteroatoms. The van der Waals surface area contributed by atoms with E-state index in [1.165, 1.54) is 5.69 Å². The molecule has 1 aliphatic heterocycles. The Labute approximate surface area is 115 Å². The summed E-state index contributed by atoms with van der Waals surface area (Å²) in [5.74, 6) is 0.167. The lowest BCUT2D eigenvalue weighted by Gasteiger charge is -2.37. The van der Waals surface area contributed by atoms with Crippen molar-refractivity contribution in [2.75, 3.05) is 31.1 Å². The summed E-state index contributed by atoms with van der Waals surface area (Å²) in [5.41, 5.74) is 6.71. The lowest BCUT2D eigenvalue weighted by molar-refractivity contribution is -0.132. The molecule has 0 radical (unpaired) electrons. The molecule has 0 spiro atoms. The summed E-state index contributed by atoms with van der Waals surface area (Å²) in [6.45, 7) is 7.13. The normalized spacial score (nSPS) is 16.6. The number of hydrogen-bond acceptors (Lipinski definition) is 3. The van der Waals surface area contributed by atoms with Gasteiger partial charge in [0.05, 0.1) is 0 Å². The Morgan fingerprint density at radius 1 is 1.16 bits per heavy atom. The lowest BCUT2D eigenvalue weighted by Crippen LogP contribution is -2.50. The quantitative estimate of drug-likeness (QED) is 0.896. The van der Waals surface area contributed by atoms with Crippen LogP contribution in [0, 0.1) is 0 Å². The highest BCUT2D eigenvalue weighted by molar-refractivity contribution is 5.77. The van der Waals surface area contributed by atoms with E-state index >= 15 is 0 Å². The van der Waals surface area contributed by atoms with E-state index in [1.807, 2.05) is 36.9 Å². The van der Waals surface area contributed by atoms with Gasteiger partial charge in [0.15, 0.2) is 0 Å². The van der Waals surface area contributed by atoms with Crippen LogP contribution in [0.5, 0.6) is 0 Å². The third-order valence-electron chi connectivity index (χ3n) is 3.36. The van der Waals surface area contributed by atoms with E-state index in [9.17, 15) is 4.79 Å². The van der Waals surface area contributed by atoms with E-state index in [-0.39, 0.29) is 5.91 Å². The second-order valence-corrected chi connectivity index (χ2v) is 5.87. The predicted molar refractivity (Wildman–Crippen MR) is 78.1 cm³/mol. The summed E-state index contributed by atoms with van der Waals surface area (Å²) in [5, 5.41) is 0. The fourth-order valence-electron chi connectivity index (χ4n) is 2.35. The van der Waals surface area contributed by atoms with E-state index in [0.717, 1.165) is 26.2 Å². The summed E-state index contributed by atoms with van der Waals surface area (Å²) in [4.78, 5) is 16.3. The van der Waals surface area contributed by atoms with Crippen LogP contribution in [0.2, 0.25) is 0 Å². The van der Waals surface area contributed by atoms with Crippen molar-refractivity contribution in [2.24, 2.45) is 5.73 Å². The standard InChI is InChI=1S/C15H23N3O/c1-15(2,16)12-14(19)18-10-8-17(9-11-18)13-6-4-3-5-7-13/h3-7H,8-12,16H2,1-2H3. The molecular formula is C15H23N3O. The van der Waals surface area contributed by atoms with E-state index in [0.29, 0.717) is 6.42 Å². The molecule has 0 bridgehead atoms. The van der Waals surface area contributed by atoms with Gasteiger partial charge >= 0.3 is 0 Å². The highest BCUT2D eigenvalue weighted by Crippen LogP contribution is 2.16. The fraction of sp³-hybridized carbons (Fsp3) is 0.533. The molecule has 2 rings (SSSR count). The first-order valence-electron chi connectivity index (χ1n) is 6.82. The molecule has 0 atom stereocenters. The monoisotopic (exact) mass is 261 g/mol. The number of anilines is 1. The predicted octanol–water partition coefficient (Wildman–Crippen LogP) is 1.46. The van der Waals surface area contributed by atoms with Gasteiger partial charge in [0, 0.05) is 43.8 Å². The maximum Gasteiger partial charge on any atom is 0.224 e. The Hall–Kier alpha value is -1.55. The maximum atomic E-state index is 12.1. The van der Waals surface area contributed by atoms with Crippen molar-refractivity contribution in [1.29, 1.82) is 0 Å². The number of nitrogens with zero attached hydrogens (tertiary/aromatic N) is 2. The van der Waals surface area contributed by atoms with E-state index in [2.05, 4.69) is 17.0 Å². The molecular weight excluding hydrogens is 238 g/mol. The third-order valence-corrected chi connectivity index (χ3v) is 3.36. The minimum Gasteiger partial charge on any atom is -0.368 e. The van der Waals surface area contributed by atoms with Gasteiger partial charge in [-0.25, -0.2) is 0 Å². The topological polar surface area (TPSA) is 49.6 Å². The Morgan fingerprint density at radius 2 is 1.74 bits per heavy atom. The van der Waals surface area contributed by atoms with Crippen molar-refractivity contribution in [3.63, 3.8) is 0 Å². The largest absolute Gasteiger partial charge is 0.368 e. The molecule has 1 aromatic carbocycles. The number of para-hydroxylation sites is 1. The Bertz CT molecular complexity index is 417. The van der Waals surface area contributed by atoms with Gasteiger partial charge < -0.3 is 15.5 Å². The first-order chi connectivity index (χ1) is 8.96. The van der Waals surface area contributed by atoms with Gasteiger partial charge in [0.25, 0.3) is 0 Å². The summed E-state index contributed by atoms with van der Waals surface area (Å²) < 4.78 is 0. The molecule has 4 nitrogen and oxygen atoms in total. The second kappa shape index (κ2) is 5.61. The number of amides is 1. The van der Waals surface area contributed by atoms with Gasteiger partial charge in [-0.2, -0.15) is 0 Å². The number of nitrogens with two attached hydrogens (primary N) is 1. The minimum atomic E-state index is -0.423. The Morgan fingerprint density at radius 3 is 2.26 bits per heavy atom. The molecule has 104 valence electrons. The highest BCUT2D eigenvalue weighted by atomic mass is 16.2. The summed E-state index contributed by atoms with van der Waals surface area (Å²) in [7, 11) is 0. The molecule has 0 unspecified atom stereocenters. The summed E-state index contributed by atoms with van der Waals surface area (Å²) >= 11 is 0. The van der Waals surface area contributed by atoms with Crippen LogP contribution in [0.15, 0.2) is 30.3 Å². The van der Waals surface area contributed by atoms with Gasteiger partial charge in [-0.15, -0.1) is 0 Å². The number of carbonyl (C=O) groups is 1. The molecule has 1 fully saturated rings. The van der Waals surface area contributed by atoms with Crippen molar-refractivity contribution in [3.8, 4) is 0 Å². The first-order valence-corrected chi connectivity index (χ1v) is 6.82. The molecule has 0 aromatic heterocycles. The molecule has 1 aliphatic rings. The van der Waals surface area contributed by atoms with Crippen LogP contribution in [0.4, 0.5) is 5.69 Å². The lowest BCUT2D eigenvalue weighted by atomic mass is 10.0. The van der Waals surface area contributed by atoms with Crippen LogP contribution in [0.3, 0.4) is 0 Å². The number of hydrogen-bond donors (Lipinski definition) is 1. The summed E-state index contributed by atoms with van der Waals surface area (Å²) in [6, 6.07) is 10.3. The second-order valence-electron chi connectivity index (χ2n) is 5.87.